The Labute approximate surface area is 155 Å². The summed E-state index contributed by atoms with van der Waals surface area (Å²) in [6, 6.07) is 6.04. The van der Waals surface area contributed by atoms with E-state index in [9.17, 15) is 0 Å². The molecule has 0 aliphatic rings. The van der Waals surface area contributed by atoms with Gasteiger partial charge in [0.05, 0.1) is 20.5 Å². The highest BCUT2D eigenvalue weighted by molar-refractivity contribution is 7.99. The van der Waals surface area contributed by atoms with Gasteiger partial charge in [0.25, 0.3) is 0 Å². The third kappa shape index (κ3) is 3.93. The summed E-state index contributed by atoms with van der Waals surface area (Å²) < 4.78 is 10.6. The molecule has 0 bridgehead atoms. The number of nitrogen functional groups attached to an aromatic ring is 1. The van der Waals surface area contributed by atoms with Crippen molar-refractivity contribution in [3.63, 3.8) is 0 Å². The van der Waals surface area contributed by atoms with Gasteiger partial charge in [-0.3, -0.25) is 0 Å². The standard InChI is InChI=1S/C17H22N6O2S/c1-4-10(21-11-5-6-12(24-2)13(7-11)25-3)8-26-16-14-15(20-9-19-14)22-17(18)23-16/h5-7,9-10,21H,4,8H2,1-3H3,(H3,18,19,20,22,23)/t10-/m1/s1. The van der Waals surface area contributed by atoms with Crippen LogP contribution in [0.1, 0.15) is 13.3 Å². The van der Waals surface area contributed by atoms with Crippen molar-refractivity contribution in [1.82, 2.24) is 19.9 Å². The average Bonchev–Trinajstić information content (AvgIpc) is 3.12. The number of H-pyrrole nitrogens is 1. The minimum Gasteiger partial charge on any atom is -0.493 e. The molecule has 138 valence electrons. The number of rotatable bonds is 8. The third-order valence-electron chi connectivity index (χ3n) is 3.94. The van der Waals surface area contributed by atoms with Gasteiger partial charge in [-0.2, -0.15) is 4.98 Å². The van der Waals surface area contributed by atoms with Gasteiger partial charge < -0.3 is 25.5 Å². The van der Waals surface area contributed by atoms with Gasteiger partial charge in [0, 0.05) is 23.5 Å². The molecule has 3 rings (SSSR count). The maximum atomic E-state index is 5.77. The molecule has 0 aliphatic carbocycles. The Morgan fingerprint density at radius 3 is 2.77 bits per heavy atom. The van der Waals surface area contributed by atoms with E-state index in [1.807, 2.05) is 18.2 Å². The van der Waals surface area contributed by atoms with Gasteiger partial charge in [0.1, 0.15) is 10.5 Å². The van der Waals surface area contributed by atoms with Crippen LogP contribution in [0.3, 0.4) is 0 Å². The molecule has 0 unspecified atom stereocenters. The molecule has 0 aliphatic heterocycles. The monoisotopic (exact) mass is 374 g/mol. The lowest BCUT2D eigenvalue weighted by molar-refractivity contribution is 0.355. The number of aromatic amines is 1. The molecule has 1 aromatic carbocycles. The van der Waals surface area contributed by atoms with E-state index in [-0.39, 0.29) is 12.0 Å². The maximum Gasteiger partial charge on any atom is 0.223 e. The summed E-state index contributed by atoms with van der Waals surface area (Å²) in [6.45, 7) is 2.14. The average molecular weight is 374 g/mol. The number of anilines is 2. The van der Waals surface area contributed by atoms with E-state index in [1.165, 1.54) is 0 Å². The lowest BCUT2D eigenvalue weighted by Crippen LogP contribution is -2.21. The normalized spacial score (nSPS) is 12.1. The van der Waals surface area contributed by atoms with Gasteiger partial charge in [-0.1, -0.05) is 6.92 Å². The second kappa shape index (κ2) is 8.13. The second-order valence-corrected chi connectivity index (χ2v) is 6.63. The van der Waals surface area contributed by atoms with Gasteiger partial charge in [-0.25, -0.2) is 9.97 Å². The number of nitrogens with two attached hydrogens (primary N) is 1. The number of benzene rings is 1. The summed E-state index contributed by atoms with van der Waals surface area (Å²) in [7, 11) is 3.25. The second-order valence-electron chi connectivity index (χ2n) is 5.62. The predicted molar refractivity (Wildman–Crippen MR) is 104 cm³/mol. The number of nitrogens with one attached hydrogen (secondary N) is 2. The first-order valence-electron chi connectivity index (χ1n) is 8.22. The van der Waals surface area contributed by atoms with Crippen LogP contribution in [-0.2, 0) is 0 Å². The molecule has 0 saturated heterocycles. The van der Waals surface area contributed by atoms with Crippen molar-refractivity contribution in [2.75, 3.05) is 31.0 Å². The van der Waals surface area contributed by atoms with Crippen molar-refractivity contribution in [2.24, 2.45) is 0 Å². The van der Waals surface area contributed by atoms with Crippen molar-refractivity contribution in [3.05, 3.63) is 24.5 Å². The fraction of sp³-hybridized carbons (Fsp3) is 0.353. The first kappa shape index (κ1) is 18.1. The van der Waals surface area contributed by atoms with Crippen LogP contribution in [0.4, 0.5) is 11.6 Å². The Balaban J connectivity index is 1.71. The number of aromatic nitrogens is 4. The highest BCUT2D eigenvalue weighted by atomic mass is 32.2. The Bertz CT molecular complexity index is 885. The fourth-order valence-electron chi connectivity index (χ4n) is 2.53. The van der Waals surface area contributed by atoms with Crippen molar-refractivity contribution in [1.29, 1.82) is 0 Å². The molecule has 1 atom stereocenters. The Kier molecular flexibility index (Phi) is 5.67. The van der Waals surface area contributed by atoms with Crippen LogP contribution in [0.5, 0.6) is 11.5 Å². The van der Waals surface area contributed by atoms with E-state index >= 15 is 0 Å². The quantitative estimate of drug-likeness (QED) is 0.408. The van der Waals surface area contributed by atoms with Crippen LogP contribution < -0.4 is 20.5 Å². The Morgan fingerprint density at radius 2 is 2.04 bits per heavy atom. The molecule has 8 nitrogen and oxygen atoms in total. The molecular weight excluding hydrogens is 352 g/mol. The van der Waals surface area contributed by atoms with Gasteiger partial charge in [-0.15, -0.1) is 11.8 Å². The highest BCUT2D eigenvalue weighted by Crippen LogP contribution is 2.31. The molecular formula is C17H22N6O2S. The lowest BCUT2D eigenvalue weighted by Gasteiger charge is -2.19. The first-order valence-corrected chi connectivity index (χ1v) is 9.21. The molecule has 0 amide bonds. The van der Waals surface area contributed by atoms with Crippen molar-refractivity contribution in [2.45, 2.75) is 24.4 Å². The van der Waals surface area contributed by atoms with E-state index in [4.69, 9.17) is 15.2 Å². The zero-order chi connectivity index (χ0) is 18.5. The molecule has 0 saturated carbocycles. The number of hydrogen-bond donors (Lipinski definition) is 3. The van der Waals surface area contributed by atoms with E-state index in [1.54, 1.807) is 32.3 Å². The lowest BCUT2D eigenvalue weighted by atomic mass is 10.2. The number of ether oxygens (including phenoxy) is 2. The largest absolute Gasteiger partial charge is 0.493 e. The summed E-state index contributed by atoms with van der Waals surface area (Å²) >= 11 is 1.62. The maximum absolute atomic E-state index is 5.77. The van der Waals surface area contributed by atoms with E-state index in [2.05, 4.69) is 32.2 Å². The van der Waals surface area contributed by atoms with Crippen molar-refractivity contribution < 1.29 is 9.47 Å². The van der Waals surface area contributed by atoms with Crippen LogP contribution in [-0.4, -0.2) is 46.0 Å². The molecule has 2 heterocycles. The Morgan fingerprint density at radius 1 is 1.23 bits per heavy atom. The molecule has 26 heavy (non-hydrogen) atoms. The third-order valence-corrected chi connectivity index (χ3v) is 5.08. The van der Waals surface area contributed by atoms with Crippen molar-refractivity contribution >= 4 is 34.6 Å². The van der Waals surface area contributed by atoms with E-state index < -0.39 is 0 Å². The number of thioether (sulfide) groups is 1. The summed E-state index contributed by atoms with van der Waals surface area (Å²) in [6.07, 6.45) is 2.55. The molecule has 0 spiro atoms. The molecule has 9 heteroatoms. The molecule has 2 aromatic heterocycles. The number of fused-ring (bicyclic) bond motifs is 1. The summed E-state index contributed by atoms with van der Waals surface area (Å²) in [5.74, 6) is 2.45. The smallest absolute Gasteiger partial charge is 0.223 e. The van der Waals surface area contributed by atoms with Crippen LogP contribution >= 0.6 is 11.8 Å². The topological polar surface area (TPSA) is 111 Å². The predicted octanol–water partition coefficient (Wildman–Crippen LogP) is 2.94. The summed E-state index contributed by atoms with van der Waals surface area (Å²) in [5, 5.41) is 4.33. The molecule has 0 radical (unpaired) electrons. The number of hydrogen-bond acceptors (Lipinski definition) is 8. The Hall–Kier alpha value is -2.68. The number of methoxy groups -OCH3 is 2. The van der Waals surface area contributed by atoms with Crippen molar-refractivity contribution in [3.8, 4) is 11.5 Å². The number of nitrogens with zero attached hydrogens (tertiary/aromatic N) is 3. The SMILES string of the molecule is CC[C@H](CSc1nc(N)nc2nc[nH]c12)Nc1ccc(OC)c(OC)c1. The van der Waals surface area contributed by atoms with E-state index in [0.29, 0.717) is 17.1 Å². The minimum absolute atomic E-state index is 0.230. The summed E-state index contributed by atoms with van der Waals surface area (Å²) in [5.41, 5.74) is 8.15. The number of imidazole rings is 1. The highest BCUT2D eigenvalue weighted by Gasteiger charge is 2.13. The van der Waals surface area contributed by atoms with Gasteiger partial charge in [0.2, 0.25) is 5.95 Å². The van der Waals surface area contributed by atoms with Gasteiger partial charge in [0.15, 0.2) is 17.1 Å². The fourth-order valence-corrected chi connectivity index (χ4v) is 3.66. The van der Waals surface area contributed by atoms with E-state index in [0.717, 1.165) is 28.4 Å². The first-order chi connectivity index (χ1) is 12.6. The minimum atomic E-state index is 0.230. The van der Waals surface area contributed by atoms with Gasteiger partial charge >= 0.3 is 0 Å². The molecule has 4 N–H and O–H groups in total. The van der Waals surface area contributed by atoms with Crippen LogP contribution in [0.15, 0.2) is 29.6 Å². The van der Waals surface area contributed by atoms with Crippen LogP contribution in [0.2, 0.25) is 0 Å². The van der Waals surface area contributed by atoms with Crippen LogP contribution in [0.25, 0.3) is 11.2 Å². The molecule has 3 aromatic rings. The van der Waals surface area contributed by atoms with Gasteiger partial charge in [-0.05, 0) is 18.6 Å². The molecule has 0 fully saturated rings. The zero-order valence-corrected chi connectivity index (χ0v) is 15.8. The van der Waals surface area contributed by atoms with Crippen LogP contribution in [0, 0.1) is 0 Å². The zero-order valence-electron chi connectivity index (χ0n) is 14.9. The summed E-state index contributed by atoms with van der Waals surface area (Å²) in [4.78, 5) is 15.7.